The van der Waals surface area contributed by atoms with Crippen LogP contribution in [0.1, 0.15) is 12.0 Å². The molecule has 0 saturated heterocycles. The fourth-order valence-corrected chi connectivity index (χ4v) is 1.99. The molecule has 0 aliphatic rings. The molecule has 0 unspecified atom stereocenters. The Labute approximate surface area is 135 Å². The lowest BCUT2D eigenvalue weighted by atomic mass is 10.2. The number of alkyl halides is 3. The molecule has 0 bridgehead atoms. The van der Waals surface area contributed by atoms with Crippen molar-refractivity contribution >= 4 is 11.6 Å². The molecule has 1 heterocycles. The van der Waals surface area contributed by atoms with Crippen LogP contribution in [0.15, 0.2) is 36.5 Å². The van der Waals surface area contributed by atoms with Gasteiger partial charge >= 0.3 is 6.18 Å². The van der Waals surface area contributed by atoms with Crippen LogP contribution in [-0.4, -0.2) is 23.3 Å². The van der Waals surface area contributed by atoms with Gasteiger partial charge in [-0.3, -0.25) is 0 Å². The first kappa shape index (κ1) is 17.2. The van der Waals surface area contributed by atoms with E-state index in [2.05, 4.69) is 4.98 Å². The monoisotopic (exact) mass is 347 g/mol. The maximum atomic E-state index is 12.7. The fraction of sp³-hybridized carbons (Fsp3) is 0.267. The summed E-state index contributed by atoms with van der Waals surface area (Å²) < 4.78 is 48.6. The third-order valence-corrected chi connectivity index (χ3v) is 2.95. The molecule has 4 nitrogen and oxygen atoms in total. The molecule has 1 N–H and O–H groups in total. The van der Waals surface area contributed by atoms with Crippen LogP contribution in [-0.2, 0) is 6.18 Å². The number of hydrogen-bond donors (Lipinski definition) is 1. The second-order valence-electron chi connectivity index (χ2n) is 4.55. The number of halogens is 4. The summed E-state index contributed by atoms with van der Waals surface area (Å²) >= 11 is 5.75. The van der Waals surface area contributed by atoms with E-state index in [9.17, 15) is 18.3 Å². The molecular formula is C15H13ClF3NO3. The Morgan fingerprint density at radius 3 is 2.57 bits per heavy atom. The number of aromatic hydroxyl groups is 1. The van der Waals surface area contributed by atoms with Gasteiger partial charge in [0.2, 0.25) is 5.88 Å². The van der Waals surface area contributed by atoms with Gasteiger partial charge in [0.1, 0.15) is 17.1 Å². The maximum absolute atomic E-state index is 12.7. The number of ether oxygens (including phenoxy) is 2. The van der Waals surface area contributed by atoms with E-state index in [0.29, 0.717) is 17.2 Å². The largest absolute Gasteiger partial charge is 0.508 e. The summed E-state index contributed by atoms with van der Waals surface area (Å²) in [6, 6.07) is 6.37. The molecule has 0 radical (unpaired) electrons. The van der Waals surface area contributed by atoms with Gasteiger partial charge in [0.15, 0.2) is 0 Å². The van der Waals surface area contributed by atoms with Crippen LogP contribution in [0.25, 0.3) is 0 Å². The van der Waals surface area contributed by atoms with Gasteiger partial charge in [-0.15, -0.1) is 0 Å². The van der Waals surface area contributed by atoms with Crippen molar-refractivity contribution in [2.75, 3.05) is 13.2 Å². The molecule has 2 rings (SSSR count). The smallest absolute Gasteiger partial charge is 0.421 e. The topological polar surface area (TPSA) is 51.6 Å². The first-order valence-corrected chi connectivity index (χ1v) is 7.01. The number of hydrogen-bond acceptors (Lipinski definition) is 4. The summed E-state index contributed by atoms with van der Waals surface area (Å²) in [4.78, 5) is 3.59. The first-order valence-electron chi connectivity index (χ1n) is 6.63. The average molecular weight is 348 g/mol. The standard InChI is InChI=1S/C15H13ClF3NO3/c16-10-7-11(21)9-12(8-10)22-5-2-6-23-14-13(15(17,18)19)3-1-4-20-14/h1,3-4,7-9,21H,2,5-6H2. The van der Waals surface area contributed by atoms with E-state index < -0.39 is 17.6 Å². The SMILES string of the molecule is Oc1cc(Cl)cc(OCCCOc2ncccc2C(F)(F)F)c1. The van der Waals surface area contributed by atoms with E-state index >= 15 is 0 Å². The molecule has 2 aromatic rings. The van der Waals surface area contributed by atoms with Crippen LogP contribution in [0.2, 0.25) is 5.02 Å². The number of aromatic nitrogens is 1. The van der Waals surface area contributed by atoms with Crippen molar-refractivity contribution < 1.29 is 27.8 Å². The van der Waals surface area contributed by atoms with E-state index in [1.807, 2.05) is 0 Å². The molecule has 8 heteroatoms. The summed E-state index contributed by atoms with van der Waals surface area (Å²) in [5, 5.41) is 9.67. The van der Waals surface area contributed by atoms with Crippen LogP contribution >= 0.6 is 11.6 Å². The Morgan fingerprint density at radius 2 is 1.87 bits per heavy atom. The van der Waals surface area contributed by atoms with E-state index in [1.54, 1.807) is 0 Å². The normalized spacial score (nSPS) is 11.3. The molecule has 1 aromatic heterocycles. The van der Waals surface area contributed by atoms with Gasteiger partial charge in [0.25, 0.3) is 0 Å². The molecule has 0 aliphatic heterocycles. The minimum Gasteiger partial charge on any atom is -0.508 e. The van der Waals surface area contributed by atoms with Crippen LogP contribution < -0.4 is 9.47 Å². The highest BCUT2D eigenvalue weighted by atomic mass is 35.5. The zero-order chi connectivity index (χ0) is 16.9. The number of phenolic OH excluding ortho intramolecular Hbond substituents is 1. The van der Waals surface area contributed by atoms with Crippen LogP contribution in [0.3, 0.4) is 0 Å². The van der Waals surface area contributed by atoms with E-state index in [4.69, 9.17) is 21.1 Å². The lowest BCUT2D eigenvalue weighted by molar-refractivity contribution is -0.139. The zero-order valence-electron chi connectivity index (χ0n) is 11.8. The molecule has 0 atom stereocenters. The number of rotatable bonds is 6. The number of nitrogens with zero attached hydrogens (tertiary/aromatic N) is 1. The van der Waals surface area contributed by atoms with Gasteiger partial charge < -0.3 is 14.6 Å². The predicted molar refractivity (Wildman–Crippen MR) is 78.0 cm³/mol. The van der Waals surface area contributed by atoms with Gasteiger partial charge in [-0.2, -0.15) is 13.2 Å². The van der Waals surface area contributed by atoms with E-state index in [0.717, 1.165) is 6.07 Å². The van der Waals surface area contributed by atoms with Crippen molar-refractivity contribution in [3.63, 3.8) is 0 Å². The first-order chi connectivity index (χ1) is 10.9. The Kier molecular flexibility index (Phi) is 5.54. The summed E-state index contributed by atoms with van der Waals surface area (Å²) in [6.45, 7) is 0.195. The lowest BCUT2D eigenvalue weighted by Gasteiger charge is -2.12. The van der Waals surface area contributed by atoms with Crippen molar-refractivity contribution in [1.29, 1.82) is 0 Å². The van der Waals surface area contributed by atoms with Crippen LogP contribution in [0.5, 0.6) is 17.4 Å². The molecule has 124 valence electrons. The number of pyridine rings is 1. The van der Waals surface area contributed by atoms with Crippen LogP contribution in [0, 0.1) is 0 Å². The number of benzene rings is 1. The van der Waals surface area contributed by atoms with Gasteiger partial charge in [0.05, 0.1) is 13.2 Å². The van der Waals surface area contributed by atoms with Gasteiger partial charge in [-0.1, -0.05) is 11.6 Å². The van der Waals surface area contributed by atoms with Crippen molar-refractivity contribution in [1.82, 2.24) is 4.98 Å². The van der Waals surface area contributed by atoms with Crippen molar-refractivity contribution in [2.45, 2.75) is 12.6 Å². The summed E-state index contributed by atoms with van der Waals surface area (Å²) in [5.41, 5.74) is -0.916. The maximum Gasteiger partial charge on any atom is 0.421 e. The highest BCUT2D eigenvalue weighted by Gasteiger charge is 2.34. The average Bonchev–Trinajstić information content (AvgIpc) is 2.45. The quantitative estimate of drug-likeness (QED) is 0.791. The van der Waals surface area contributed by atoms with Crippen LogP contribution in [0.4, 0.5) is 13.2 Å². The third kappa shape index (κ3) is 5.21. The molecule has 0 saturated carbocycles. The Bertz CT molecular complexity index is 644. The molecular weight excluding hydrogens is 335 g/mol. The molecule has 0 aliphatic carbocycles. The van der Waals surface area contributed by atoms with Gasteiger partial charge in [-0.25, -0.2) is 4.98 Å². The summed E-state index contributed by atoms with van der Waals surface area (Å²) in [7, 11) is 0. The lowest BCUT2D eigenvalue weighted by Crippen LogP contribution is -2.12. The Balaban J connectivity index is 1.82. The van der Waals surface area contributed by atoms with E-state index in [-0.39, 0.29) is 19.0 Å². The Hall–Kier alpha value is -2.15. The second kappa shape index (κ2) is 7.41. The minimum atomic E-state index is -4.52. The molecule has 0 spiro atoms. The Morgan fingerprint density at radius 1 is 1.13 bits per heavy atom. The highest BCUT2D eigenvalue weighted by molar-refractivity contribution is 6.30. The minimum absolute atomic E-state index is 0.00659. The molecule has 1 aromatic carbocycles. The highest BCUT2D eigenvalue weighted by Crippen LogP contribution is 2.34. The predicted octanol–water partition coefficient (Wildman–Crippen LogP) is 4.31. The molecule has 0 fully saturated rings. The molecule has 23 heavy (non-hydrogen) atoms. The van der Waals surface area contributed by atoms with Gasteiger partial charge in [0, 0.05) is 23.7 Å². The van der Waals surface area contributed by atoms with Gasteiger partial charge in [-0.05, 0) is 24.3 Å². The third-order valence-electron chi connectivity index (χ3n) is 2.73. The van der Waals surface area contributed by atoms with Crippen molar-refractivity contribution in [2.24, 2.45) is 0 Å². The van der Waals surface area contributed by atoms with Crippen molar-refractivity contribution in [3.05, 3.63) is 47.1 Å². The summed E-state index contributed by atoms with van der Waals surface area (Å²) in [5.74, 6) is -0.128. The zero-order valence-corrected chi connectivity index (χ0v) is 12.6. The van der Waals surface area contributed by atoms with E-state index in [1.165, 1.54) is 30.5 Å². The molecule has 0 amide bonds. The fourth-order valence-electron chi connectivity index (χ4n) is 1.77. The number of phenols is 1. The summed E-state index contributed by atoms with van der Waals surface area (Å²) in [6.07, 6.45) is -2.95. The van der Waals surface area contributed by atoms with Crippen molar-refractivity contribution in [3.8, 4) is 17.4 Å². The second-order valence-corrected chi connectivity index (χ2v) is 4.99.